The molecule has 3 rings (SSSR count). The normalized spacial score (nSPS) is 18.3. The SMILES string of the molecule is COc1ccc(C(NC(=O)CC2CCCN2)c2nccn2C)cc1. The first-order chi connectivity index (χ1) is 11.7. The second kappa shape index (κ2) is 7.49. The van der Waals surface area contributed by atoms with Crippen LogP contribution >= 0.6 is 0 Å². The monoisotopic (exact) mass is 328 g/mol. The molecular weight excluding hydrogens is 304 g/mol. The summed E-state index contributed by atoms with van der Waals surface area (Å²) in [7, 11) is 3.57. The number of benzene rings is 1. The highest BCUT2D eigenvalue weighted by atomic mass is 16.5. The summed E-state index contributed by atoms with van der Waals surface area (Å²) in [5.74, 6) is 1.64. The highest BCUT2D eigenvalue weighted by Crippen LogP contribution is 2.23. The van der Waals surface area contributed by atoms with E-state index in [-0.39, 0.29) is 18.0 Å². The van der Waals surface area contributed by atoms with Gasteiger partial charge in [-0.3, -0.25) is 4.79 Å². The van der Waals surface area contributed by atoms with Crippen LogP contribution in [0.15, 0.2) is 36.7 Å². The lowest BCUT2D eigenvalue weighted by Crippen LogP contribution is -2.35. The molecule has 2 unspecified atom stereocenters. The Morgan fingerprint density at radius 3 is 2.83 bits per heavy atom. The van der Waals surface area contributed by atoms with Gasteiger partial charge in [0.15, 0.2) is 0 Å². The number of nitrogens with zero attached hydrogens (tertiary/aromatic N) is 2. The molecule has 1 aliphatic rings. The van der Waals surface area contributed by atoms with Gasteiger partial charge in [0.05, 0.1) is 7.11 Å². The van der Waals surface area contributed by atoms with Gasteiger partial charge in [0.1, 0.15) is 17.6 Å². The molecule has 6 nitrogen and oxygen atoms in total. The van der Waals surface area contributed by atoms with E-state index in [9.17, 15) is 4.79 Å². The molecule has 1 aromatic carbocycles. The fourth-order valence-electron chi connectivity index (χ4n) is 3.12. The lowest BCUT2D eigenvalue weighted by molar-refractivity contribution is -0.122. The third-order valence-electron chi connectivity index (χ3n) is 4.47. The van der Waals surface area contributed by atoms with E-state index in [0.717, 1.165) is 36.5 Å². The van der Waals surface area contributed by atoms with Gasteiger partial charge in [-0.05, 0) is 37.1 Å². The van der Waals surface area contributed by atoms with E-state index < -0.39 is 0 Å². The number of imidazole rings is 1. The van der Waals surface area contributed by atoms with Gasteiger partial charge in [0.2, 0.25) is 5.91 Å². The summed E-state index contributed by atoms with van der Waals surface area (Å²) in [6.45, 7) is 0.999. The minimum absolute atomic E-state index is 0.0400. The van der Waals surface area contributed by atoms with Gasteiger partial charge in [-0.15, -0.1) is 0 Å². The summed E-state index contributed by atoms with van der Waals surface area (Å²) >= 11 is 0. The maximum Gasteiger partial charge on any atom is 0.222 e. The number of nitrogens with one attached hydrogen (secondary N) is 2. The smallest absolute Gasteiger partial charge is 0.222 e. The maximum absolute atomic E-state index is 12.5. The van der Waals surface area contributed by atoms with E-state index >= 15 is 0 Å². The summed E-state index contributed by atoms with van der Waals surface area (Å²) in [4.78, 5) is 16.9. The number of hydrogen-bond acceptors (Lipinski definition) is 4. The minimum Gasteiger partial charge on any atom is -0.497 e. The number of carbonyl (C=O) groups is 1. The van der Waals surface area contributed by atoms with Crippen molar-refractivity contribution in [3.63, 3.8) is 0 Å². The molecular formula is C18H24N4O2. The Bertz CT molecular complexity index is 675. The van der Waals surface area contributed by atoms with Crippen LogP contribution in [0.2, 0.25) is 0 Å². The molecule has 0 radical (unpaired) electrons. The molecule has 6 heteroatoms. The van der Waals surface area contributed by atoms with E-state index in [1.54, 1.807) is 13.3 Å². The molecule has 0 saturated carbocycles. The van der Waals surface area contributed by atoms with Crippen molar-refractivity contribution in [1.82, 2.24) is 20.2 Å². The van der Waals surface area contributed by atoms with Crippen molar-refractivity contribution in [2.24, 2.45) is 7.05 Å². The zero-order valence-electron chi connectivity index (χ0n) is 14.2. The summed E-state index contributed by atoms with van der Waals surface area (Å²) in [5, 5.41) is 6.50. The largest absolute Gasteiger partial charge is 0.497 e. The van der Waals surface area contributed by atoms with Crippen molar-refractivity contribution in [2.75, 3.05) is 13.7 Å². The van der Waals surface area contributed by atoms with Gasteiger partial charge >= 0.3 is 0 Å². The van der Waals surface area contributed by atoms with Crippen molar-refractivity contribution >= 4 is 5.91 Å². The fraction of sp³-hybridized carbons (Fsp3) is 0.444. The molecule has 128 valence electrons. The zero-order chi connectivity index (χ0) is 16.9. The predicted octanol–water partition coefficient (Wildman–Crippen LogP) is 1.78. The third kappa shape index (κ3) is 3.76. The summed E-state index contributed by atoms with van der Waals surface area (Å²) in [5.41, 5.74) is 0.984. The Labute approximate surface area is 142 Å². The van der Waals surface area contributed by atoms with Crippen LogP contribution in [0, 0.1) is 0 Å². The van der Waals surface area contributed by atoms with Gasteiger partial charge in [0.25, 0.3) is 0 Å². The van der Waals surface area contributed by atoms with Crippen LogP contribution < -0.4 is 15.4 Å². The van der Waals surface area contributed by atoms with E-state index in [0.29, 0.717) is 6.42 Å². The van der Waals surface area contributed by atoms with Crippen molar-refractivity contribution in [1.29, 1.82) is 0 Å². The lowest BCUT2D eigenvalue weighted by Gasteiger charge is -2.20. The van der Waals surface area contributed by atoms with Crippen molar-refractivity contribution in [2.45, 2.75) is 31.3 Å². The van der Waals surface area contributed by atoms with Gasteiger partial charge in [-0.2, -0.15) is 0 Å². The van der Waals surface area contributed by atoms with Crippen LogP contribution in [-0.2, 0) is 11.8 Å². The second-order valence-corrected chi connectivity index (χ2v) is 6.17. The molecule has 24 heavy (non-hydrogen) atoms. The number of hydrogen-bond donors (Lipinski definition) is 2. The van der Waals surface area contributed by atoms with Crippen LogP contribution in [0.25, 0.3) is 0 Å². The van der Waals surface area contributed by atoms with E-state index in [1.807, 2.05) is 42.1 Å². The average molecular weight is 328 g/mol. The first kappa shape index (κ1) is 16.5. The Morgan fingerprint density at radius 2 is 2.25 bits per heavy atom. The highest BCUT2D eigenvalue weighted by Gasteiger charge is 2.23. The third-order valence-corrected chi connectivity index (χ3v) is 4.47. The molecule has 0 aliphatic carbocycles. The summed E-state index contributed by atoms with van der Waals surface area (Å²) in [6, 6.07) is 7.73. The molecule has 1 fully saturated rings. The van der Waals surface area contributed by atoms with Crippen LogP contribution in [0.3, 0.4) is 0 Å². The molecule has 2 N–H and O–H groups in total. The molecule has 0 bridgehead atoms. The van der Waals surface area contributed by atoms with Crippen LogP contribution in [0.4, 0.5) is 0 Å². The average Bonchev–Trinajstić information content (AvgIpc) is 3.24. The summed E-state index contributed by atoms with van der Waals surface area (Å²) < 4.78 is 7.15. The molecule has 2 heterocycles. The highest BCUT2D eigenvalue weighted by molar-refractivity contribution is 5.77. The molecule has 1 amide bonds. The molecule has 2 atom stereocenters. The molecule has 1 aliphatic heterocycles. The lowest BCUT2D eigenvalue weighted by atomic mass is 10.0. The van der Waals surface area contributed by atoms with Crippen LogP contribution in [-0.4, -0.2) is 35.2 Å². The van der Waals surface area contributed by atoms with Crippen molar-refractivity contribution in [3.05, 3.63) is 48.0 Å². The molecule has 1 aromatic heterocycles. The number of amides is 1. The van der Waals surface area contributed by atoms with E-state index in [1.165, 1.54) is 0 Å². The fourth-order valence-corrected chi connectivity index (χ4v) is 3.12. The Morgan fingerprint density at radius 1 is 1.46 bits per heavy atom. The first-order valence-electron chi connectivity index (χ1n) is 8.31. The molecule has 2 aromatic rings. The zero-order valence-corrected chi connectivity index (χ0v) is 14.2. The number of aromatic nitrogens is 2. The predicted molar refractivity (Wildman–Crippen MR) is 91.8 cm³/mol. The Hall–Kier alpha value is -2.34. The van der Waals surface area contributed by atoms with Gasteiger partial charge in [-0.1, -0.05) is 12.1 Å². The number of ether oxygens (including phenoxy) is 1. The number of aryl methyl sites for hydroxylation is 1. The van der Waals surface area contributed by atoms with Crippen molar-refractivity contribution in [3.8, 4) is 5.75 Å². The standard InChI is InChI=1S/C18H24N4O2/c1-22-11-10-20-18(22)17(13-5-7-15(24-2)8-6-13)21-16(23)12-14-4-3-9-19-14/h5-8,10-11,14,17,19H,3-4,9,12H2,1-2H3,(H,21,23). The van der Waals surface area contributed by atoms with E-state index in [4.69, 9.17) is 4.74 Å². The Kier molecular flexibility index (Phi) is 5.15. The minimum atomic E-state index is -0.273. The number of methoxy groups -OCH3 is 1. The van der Waals surface area contributed by atoms with Gasteiger partial charge in [-0.25, -0.2) is 4.98 Å². The van der Waals surface area contributed by atoms with E-state index in [2.05, 4.69) is 15.6 Å². The molecule has 0 spiro atoms. The van der Waals surface area contributed by atoms with Crippen molar-refractivity contribution < 1.29 is 9.53 Å². The second-order valence-electron chi connectivity index (χ2n) is 6.17. The Balaban J connectivity index is 1.79. The van der Waals surface area contributed by atoms with Gasteiger partial charge < -0.3 is 19.9 Å². The summed E-state index contributed by atoms with van der Waals surface area (Å²) in [6.07, 6.45) is 6.33. The number of rotatable bonds is 6. The quantitative estimate of drug-likeness (QED) is 0.848. The maximum atomic E-state index is 12.5. The van der Waals surface area contributed by atoms with Gasteiger partial charge in [0, 0.05) is 31.9 Å². The van der Waals surface area contributed by atoms with Crippen LogP contribution in [0.5, 0.6) is 5.75 Å². The molecule has 1 saturated heterocycles. The number of carbonyl (C=O) groups excluding carboxylic acids is 1. The topological polar surface area (TPSA) is 68.2 Å². The first-order valence-corrected chi connectivity index (χ1v) is 8.31. The van der Waals surface area contributed by atoms with Crippen LogP contribution in [0.1, 0.15) is 36.7 Å².